The first-order valence-corrected chi connectivity index (χ1v) is 9.34. The maximum Gasteiger partial charge on any atom is 0.349 e. The first-order chi connectivity index (χ1) is 11.6. The zero-order valence-corrected chi connectivity index (χ0v) is 16.6. The fourth-order valence-corrected chi connectivity index (χ4v) is 3.40. The van der Waals surface area contributed by atoms with E-state index in [0.717, 1.165) is 24.8 Å². The van der Waals surface area contributed by atoms with Crippen LogP contribution >= 0.6 is 11.3 Å². The van der Waals surface area contributed by atoms with Crippen molar-refractivity contribution in [3.8, 4) is 0 Å². The normalized spacial score (nSPS) is 12.4. The van der Waals surface area contributed by atoms with E-state index in [-0.39, 0.29) is 0 Å². The summed E-state index contributed by atoms with van der Waals surface area (Å²) in [6.45, 7) is 11.0. The molecule has 0 aromatic carbocycles. The van der Waals surface area contributed by atoms with Crippen molar-refractivity contribution in [2.75, 3.05) is 0 Å². The highest BCUT2D eigenvalue weighted by Gasteiger charge is 2.24. The summed E-state index contributed by atoms with van der Waals surface area (Å²) in [4.78, 5) is 37.6. The van der Waals surface area contributed by atoms with Gasteiger partial charge in [0, 0.05) is 10.4 Å². The van der Waals surface area contributed by atoms with Gasteiger partial charge in [0.05, 0.1) is 0 Å². The van der Waals surface area contributed by atoms with Gasteiger partial charge in [-0.05, 0) is 52.2 Å². The van der Waals surface area contributed by atoms with E-state index < -0.39 is 29.6 Å². The third-order valence-corrected chi connectivity index (χ3v) is 4.55. The molecule has 1 atom stereocenters. The summed E-state index contributed by atoms with van der Waals surface area (Å²) >= 11 is 1.41. The Kier molecular flexibility index (Phi) is 7.60. The molecule has 1 heterocycles. The minimum absolute atomic E-state index is 0.465. The van der Waals surface area contributed by atoms with E-state index in [9.17, 15) is 14.4 Å². The molecule has 0 saturated heterocycles. The minimum atomic E-state index is -1.06. The van der Waals surface area contributed by atoms with Crippen LogP contribution in [0.1, 0.15) is 68.1 Å². The summed E-state index contributed by atoms with van der Waals surface area (Å²) in [6.07, 6.45) is 1.72. The molecule has 6 nitrogen and oxygen atoms in total. The fraction of sp³-hybridized carbons (Fsp3) is 0.611. The van der Waals surface area contributed by atoms with Crippen LogP contribution in [0.4, 0.5) is 4.79 Å². The number of hydrogen-bond acceptors (Lipinski definition) is 5. The van der Waals surface area contributed by atoms with Crippen LogP contribution in [0, 0.1) is 0 Å². The topological polar surface area (TPSA) is 84.5 Å². The summed E-state index contributed by atoms with van der Waals surface area (Å²) in [6, 6.07) is 1.21. The van der Waals surface area contributed by atoms with E-state index in [0.29, 0.717) is 4.88 Å². The van der Waals surface area contributed by atoms with Gasteiger partial charge in [0.2, 0.25) is 0 Å². The van der Waals surface area contributed by atoms with Crippen LogP contribution < -0.4 is 10.6 Å². The number of hydrogen-bond donors (Lipinski definition) is 2. The lowest BCUT2D eigenvalue weighted by Gasteiger charge is -2.21. The Morgan fingerprint density at radius 3 is 2.40 bits per heavy atom. The lowest BCUT2D eigenvalue weighted by Crippen LogP contribution is -2.50. The summed E-state index contributed by atoms with van der Waals surface area (Å²) in [5.41, 5.74) is 0.675. The third kappa shape index (κ3) is 6.86. The number of urea groups is 1. The number of thiophene rings is 1. The van der Waals surface area contributed by atoms with Gasteiger partial charge in [0.15, 0.2) is 6.10 Å². The molecule has 140 valence electrons. The molecule has 0 aliphatic carbocycles. The van der Waals surface area contributed by atoms with Crippen molar-refractivity contribution in [1.29, 1.82) is 0 Å². The molecule has 0 saturated carbocycles. The van der Waals surface area contributed by atoms with Crippen molar-refractivity contribution in [2.45, 2.75) is 72.4 Å². The summed E-state index contributed by atoms with van der Waals surface area (Å²) < 4.78 is 5.20. The number of rotatable bonds is 6. The maximum atomic E-state index is 12.3. The van der Waals surface area contributed by atoms with Gasteiger partial charge in [-0.15, -0.1) is 11.3 Å². The lowest BCUT2D eigenvalue weighted by atomic mass is 10.1. The van der Waals surface area contributed by atoms with E-state index in [4.69, 9.17) is 4.74 Å². The van der Waals surface area contributed by atoms with Gasteiger partial charge in [-0.1, -0.05) is 20.3 Å². The predicted octanol–water partition coefficient (Wildman–Crippen LogP) is 3.43. The van der Waals surface area contributed by atoms with Crippen LogP contribution in [0.15, 0.2) is 6.07 Å². The molecule has 1 rings (SSSR count). The first-order valence-electron chi connectivity index (χ1n) is 8.53. The SMILES string of the molecule is CCCc1sc(C(=O)OC(C)C(=O)NC(=O)NC(C)(C)C)cc1CC. The summed E-state index contributed by atoms with van der Waals surface area (Å²) in [5, 5.41) is 4.79. The van der Waals surface area contributed by atoms with Crippen LogP contribution in [0.5, 0.6) is 0 Å². The van der Waals surface area contributed by atoms with Gasteiger partial charge in [0.25, 0.3) is 5.91 Å². The molecule has 1 aromatic rings. The second-order valence-corrected chi connectivity index (χ2v) is 8.04. The van der Waals surface area contributed by atoms with Crippen molar-refractivity contribution < 1.29 is 19.1 Å². The fourth-order valence-electron chi connectivity index (χ4n) is 2.16. The lowest BCUT2D eigenvalue weighted by molar-refractivity contribution is -0.127. The minimum Gasteiger partial charge on any atom is -0.448 e. The molecule has 3 amide bonds. The molecule has 1 aromatic heterocycles. The van der Waals surface area contributed by atoms with E-state index in [1.165, 1.54) is 23.1 Å². The Bertz CT molecular complexity index is 632. The number of carbonyl (C=O) groups is 3. The van der Waals surface area contributed by atoms with E-state index >= 15 is 0 Å². The molecule has 2 N–H and O–H groups in total. The van der Waals surface area contributed by atoms with E-state index in [2.05, 4.69) is 17.6 Å². The Balaban J connectivity index is 2.67. The van der Waals surface area contributed by atoms with Gasteiger partial charge in [0.1, 0.15) is 4.88 Å². The highest BCUT2D eigenvalue weighted by Crippen LogP contribution is 2.25. The molecule has 0 spiro atoms. The molecule has 7 heteroatoms. The molecule has 0 radical (unpaired) electrons. The van der Waals surface area contributed by atoms with E-state index in [1.807, 2.05) is 13.0 Å². The van der Waals surface area contributed by atoms with Crippen molar-refractivity contribution >= 4 is 29.2 Å². The molecule has 0 bridgehead atoms. The number of imide groups is 1. The van der Waals surface area contributed by atoms with Gasteiger partial charge in [-0.3, -0.25) is 10.1 Å². The number of amides is 3. The van der Waals surface area contributed by atoms with Gasteiger partial charge in [-0.2, -0.15) is 0 Å². The number of ether oxygens (including phenoxy) is 1. The third-order valence-electron chi connectivity index (χ3n) is 3.33. The van der Waals surface area contributed by atoms with Crippen molar-refractivity contribution in [3.63, 3.8) is 0 Å². The largest absolute Gasteiger partial charge is 0.448 e. The van der Waals surface area contributed by atoms with Crippen LogP contribution in [-0.4, -0.2) is 29.6 Å². The Labute approximate surface area is 153 Å². The number of esters is 1. The molecular weight excluding hydrogens is 340 g/mol. The maximum absolute atomic E-state index is 12.3. The van der Waals surface area contributed by atoms with Gasteiger partial charge >= 0.3 is 12.0 Å². The molecule has 1 unspecified atom stereocenters. The second kappa shape index (κ2) is 8.99. The smallest absolute Gasteiger partial charge is 0.349 e. The van der Waals surface area contributed by atoms with Crippen LogP contribution in [-0.2, 0) is 22.4 Å². The Morgan fingerprint density at radius 2 is 1.88 bits per heavy atom. The van der Waals surface area contributed by atoms with Crippen molar-refractivity contribution in [2.24, 2.45) is 0 Å². The van der Waals surface area contributed by atoms with Crippen molar-refractivity contribution in [3.05, 3.63) is 21.4 Å². The number of nitrogens with one attached hydrogen (secondary N) is 2. The Hall–Kier alpha value is -1.89. The second-order valence-electron chi connectivity index (χ2n) is 6.90. The molecule has 0 aliphatic heterocycles. The summed E-state index contributed by atoms with van der Waals surface area (Å²) in [5.74, 6) is -1.20. The Morgan fingerprint density at radius 1 is 1.24 bits per heavy atom. The van der Waals surface area contributed by atoms with Crippen LogP contribution in [0.25, 0.3) is 0 Å². The zero-order valence-electron chi connectivity index (χ0n) is 15.8. The number of aryl methyl sites for hydroxylation is 2. The molecule has 0 aliphatic rings. The zero-order chi connectivity index (χ0) is 19.2. The highest BCUT2D eigenvalue weighted by atomic mass is 32.1. The standard InChI is InChI=1S/C18H28N2O4S/c1-7-9-13-12(8-2)10-14(25-13)16(22)24-11(3)15(21)19-17(23)20-18(4,5)6/h10-11H,7-9H2,1-6H3,(H2,19,20,21,23). The van der Waals surface area contributed by atoms with Crippen molar-refractivity contribution in [1.82, 2.24) is 10.6 Å². The predicted molar refractivity (Wildman–Crippen MR) is 99.0 cm³/mol. The average Bonchev–Trinajstić information content (AvgIpc) is 2.88. The van der Waals surface area contributed by atoms with Crippen LogP contribution in [0.2, 0.25) is 0 Å². The molecule has 25 heavy (non-hydrogen) atoms. The molecular formula is C18H28N2O4S. The first kappa shape index (κ1) is 21.2. The monoisotopic (exact) mass is 368 g/mol. The molecule has 0 fully saturated rings. The average molecular weight is 368 g/mol. The quantitative estimate of drug-likeness (QED) is 0.754. The van der Waals surface area contributed by atoms with Gasteiger partial charge < -0.3 is 10.1 Å². The van der Waals surface area contributed by atoms with Crippen LogP contribution in [0.3, 0.4) is 0 Å². The van der Waals surface area contributed by atoms with Gasteiger partial charge in [-0.25, -0.2) is 9.59 Å². The van der Waals surface area contributed by atoms with E-state index in [1.54, 1.807) is 20.8 Å². The number of carbonyl (C=O) groups excluding carboxylic acids is 3. The highest BCUT2D eigenvalue weighted by molar-refractivity contribution is 7.14. The summed E-state index contributed by atoms with van der Waals surface area (Å²) in [7, 11) is 0.